The SMILES string of the molecule is O=C(NCC#Cc1ccc(N2CCNC2=O)cc1)c1ccc2nc[nH]c2c1. The van der Waals surface area contributed by atoms with Gasteiger partial charge in [-0.3, -0.25) is 9.69 Å². The van der Waals surface area contributed by atoms with E-state index in [1.165, 1.54) is 0 Å². The van der Waals surface area contributed by atoms with Gasteiger partial charge >= 0.3 is 6.03 Å². The van der Waals surface area contributed by atoms with Gasteiger partial charge in [0.2, 0.25) is 0 Å². The maximum atomic E-state index is 12.2. The predicted molar refractivity (Wildman–Crippen MR) is 102 cm³/mol. The number of nitrogens with zero attached hydrogens (tertiary/aromatic N) is 2. The molecule has 3 amide bonds. The van der Waals surface area contributed by atoms with Crippen LogP contribution in [-0.4, -0.2) is 41.5 Å². The van der Waals surface area contributed by atoms with Crippen LogP contribution in [0, 0.1) is 11.8 Å². The summed E-state index contributed by atoms with van der Waals surface area (Å²) in [6, 6.07) is 12.7. The van der Waals surface area contributed by atoms with Crippen molar-refractivity contribution in [2.45, 2.75) is 0 Å². The van der Waals surface area contributed by atoms with E-state index in [1.807, 2.05) is 24.3 Å². The first-order valence-corrected chi connectivity index (χ1v) is 8.56. The van der Waals surface area contributed by atoms with Crippen LogP contribution in [0.3, 0.4) is 0 Å². The molecule has 1 aromatic heterocycles. The summed E-state index contributed by atoms with van der Waals surface area (Å²) in [7, 11) is 0. The molecule has 1 saturated heterocycles. The number of benzene rings is 2. The van der Waals surface area contributed by atoms with E-state index in [4.69, 9.17) is 0 Å². The molecular formula is C20H17N5O2. The monoisotopic (exact) mass is 359 g/mol. The average Bonchev–Trinajstić information content (AvgIpc) is 3.33. The van der Waals surface area contributed by atoms with Gasteiger partial charge < -0.3 is 15.6 Å². The van der Waals surface area contributed by atoms with E-state index in [-0.39, 0.29) is 18.5 Å². The highest BCUT2D eigenvalue weighted by Crippen LogP contribution is 2.16. The molecule has 134 valence electrons. The second kappa shape index (κ2) is 7.22. The molecule has 0 aliphatic carbocycles. The molecule has 2 aromatic carbocycles. The number of aromatic amines is 1. The Bertz CT molecular complexity index is 1060. The highest BCUT2D eigenvalue weighted by Gasteiger charge is 2.20. The minimum atomic E-state index is -0.184. The second-order valence-electron chi connectivity index (χ2n) is 6.05. The summed E-state index contributed by atoms with van der Waals surface area (Å²) in [5.41, 5.74) is 3.87. The summed E-state index contributed by atoms with van der Waals surface area (Å²) in [6.45, 7) is 1.57. The lowest BCUT2D eigenvalue weighted by Crippen LogP contribution is -2.27. The molecule has 0 saturated carbocycles. The van der Waals surface area contributed by atoms with E-state index in [0.29, 0.717) is 18.7 Å². The maximum absolute atomic E-state index is 12.2. The molecule has 27 heavy (non-hydrogen) atoms. The first-order valence-electron chi connectivity index (χ1n) is 8.56. The summed E-state index contributed by atoms with van der Waals surface area (Å²) in [5, 5.41) is 5.55. The van der Waals surface area contributed by atoms with Crippen molar-refractivity contribution >= 4 is 28.7 Å². The number of fused-ring (bicyclic) bond motifs is 1. The second-order valence-corrected chi connectivity index (χ2v) is 6.05. The van der Waals surface area contributed by atoms with Crippen molar-refractivity contribution in [3.8, 4) is 11.8 Å². The lowest BCUT2D eigenvalue weighted by atomic mass is 10.2. The van der Waals surface area contributed by atoms with Gasteiger partial charge in [-0.2, -0.15) is 0 Å². The summed E-state index contributed by atoms with van der Waals surface area (Å²) >= 11 is 0. The number of amides is 3. The molecule has 0 bridgehead atoms. The lowest BCUT2D eigenvalue weighted by Gasteiger charge is -2.13. The number of carbonyl (C=O) groups is 2. The molecule has 0 atom stereocenters. The zero-order chi connectivity index (χ0) is 18.6. The largest absolute Gasteiger partial charge is 0.345 e. The predicted octanol–water partition coefficient (Wildman–Crippen LogP) is 1.87. The molecule has 0 spiro atoms. The van der Waals surface area contributed by atoms with Gasteiger partial charge in [0.15, 0.2) is 0 Å². The van der Waals surface area contributed by atoms with Crippen molar-refractivity contribution in [1.82, 2.24) is 20.6 Å². The number of aromatic nitrogens is 2. The van der Waals surface area contributed by atoms with Gasteiger partial charge in [-0.25, -0.2) is 9.78 Å². The molecule has 7 nitrogen and oxygen atoms in total. The fraction of sp³-hybridized carbons (Fsp3) is 0.150. The van der Waals surface area contributed by atoms with Crippen LogP contribution in [0.1, 0.15) is 15.9 Å². The van der Waals surface area contributed by atoms with E-state index in [9.17, 15) is 9.59 Å². The van der Waals surface area contributed by atoms with Crippen molar-refractivity contribution in [3.05, 3.63) is 59.9 Å². The molecule has 0 unspecified atom stereocenters. The van der Waals surface area contributed by atoms with Crippen molar-refractivity contribution in [2.24, 2.45) is 0 Å². The van der Waals surface area contributed by atoms with Crippen LogP contribution in [-0.2, 0) is 0 Å². The van der Waals surface area contributed by atoms with Crippen molar-refractivity contribution < 1.29 is 9.59 Å². The van der Waals surface area contributed by atoms with Crippen LogP contribution in [0.4, 0.5) is 10.5 Å². The molecule has 7 heteroatoms. The van der Waals surface area contributed by atoms with Crippen molar-refractivity contribution in [1.29, 1.82) is 0 Å². The molecule has 3 aromatic rings. The molecule has 2 heterocycles. The van der Waals surface area contributed by atoms with Crippen molar-refractivity contribution in [2.75, 3.05) is 24.5 Å². The third kappa shape index (κ3) is 3.60. The van der Waals surface area contributed by atoms with E-state index in [0.717, 1.165) is 22.3 Å². The quantitative estimate of drug-likeness (QED) is 0.624. The number of rotatable bonds is 3. The number of urea groups is 1. The topological polar surface area (TPSA) is 90.1 Å². The zero-order valence-corrected chi connectivity index (χ0v) is 14.5. The number of hydrogen-bond acceptors (Lipinski definition) is 3. The van der Waals surface area contributed by atoms with Crippen LogP contribution >= 0.6 is 0 Å². The smallest absolute Gasteiger partial charge is 0.321 e. The van der Waals surface area contributed by atoms with Gasteiger partial charge in [0.1, 0.15) is 0 Å². The van der Waals surface area contributed by atoms with Crippen LogP contribution < -0.4 is 15.5 Å². The summed E-state index contributed by atoms with van der Waals surface area (Å²) < 4.78 is 0. The van der Waals surface area contributed by atoms with Gasteiger partial charge in [-0.1, -0.05) is 11.8 Å². The van der Waals surface area contributed by atoms with Crippen LogP contribution in [0.2, 0.25) is 0 Å². The molecule has 0 radical (unpaired) electrons. The van der Waals surface area contributed by atoms with Gasteiger partial charge in [0.05, 0.1) is 23.9 Å². The minimum absolute atomic E-state index is 0.0788. The van der Waals surface area contributed by atoms with Crippen LogP contribution in [0.5, 0.6) is 0 Å². The summed E-state index contributed by atoms with van der Waals surface area (Å²) in [5.74, 6) is 5.76. The number of H-pyrrole nitrogens is 1. The normalized spacial score (nSPS) is 13.2. The van der Waals surface area contributed by atoms with Gasteiger partial charge in [0, 0.05) is 29.9 Å². The number of hydrogen-bond donors (Lipinski definition) is 3. The van der Waals surface area contributed by atoms with Crippen molar-refractivity contribution in [3.63, 3.8) is 0 Å². The number of carbonyl (C=O) groups excluding carboxylic acids is 2. The molecule has 4 rings (SSSR count). The highest BCUT2D eigenvalue weighted by atomic mass is 16.2. The third-order valence-electron chi connectivity index (χ3n) is 4.29. The number of anilines is 1. The van der Waals surface area contributed by atoms with E-state index < -0.39 is 0 Å². The summed E-state index contributed by atoms with van der Waals surface area (Å²) in [4.78, 5) is 32.6. The van der Waals surface area contributed by atoms with Gasteiger partial charge in [-0.15, -0.1) is 0 Å². The first-order chi connectivity index (χ1) is 13.2. The van der Waals surface area contributed by atoms with E-state index in [2.05, 4.69) is 32.4 Å². The zero-order valence-electron chi connectivity index (χ0n) is 14.5. The average molecular weight is 359 g/mol. The van der Waals surface area contributed by atoms with E-state index >= 15 is 0 Å². The molecule has 3 N–H and O–H groups in total. The highest BCUT2D eigenvalue weighted by molar-refractivity contribution is 5.97. The Morgan fingerprint density at radius 3 is 2.85 bits per heavy atom. The maximum Gasteiger partial charge on any atom is 0.321 e. The Balaban J connectivity index is 1.34. The Labute approximate surface area is 155 Å². The number of nitrogens with one attached hydrogen (secondary N) is 3. The first kappa shape index (κ1) is 16.7. The van der Waals surface area contributed by atoms with Crippen LogP contribution in [0.25, 0.3) is 11.0 Å². The van der Waals surface area contributed by atoms with Crippen LogP contribution in [0.15, 0.2) is 48.8 Å². The Hall–Kier alpha value is -3.79. The molecular weight excluding hydrogens is 342 g/mol. The number of imidazole rings is 1. The molecule has 1 fully saturated rings. The third-order valence-corrected chi connectivity index (χ3v) is 4.29. The van der Waals surface area contributed by atoms with E-state index in [1.54, 1.807) is 29.4 Å². The molecule has 1 aliphatic rings. The standard InChI is InChI=1S/C20H17N5O2/c26-19(15-5-8-17-18(12-15)24-13-23-17)21-9-1-2-14-3-6-16(7-4-14)25-11-10-22-20(25)27/h3-8,12-13H,9-11H2,(H,21,26)(H,22,27)(H,23,24). The van der Waals surface area contributed by atoms with Gasteiger partial charge in [-0.05, 0) is 42.5 Å². The summed E-state index contributed by atoms with van der Waals surface area (Å²) in [6.07, 6.45) is 1.60. The minimum Gasteiger partial charge on any atom is -0.345 e. The Morgan fingerprint density at radius 1 is 1.22 bits per heavy atom. The Morgan fingerprint density at radius 2 is 2.07 bits per heavy atom. The fourth-order valence-corrected chi connectivity index (χ4v) is 2.89. The molecule has 1 aliphatic heterocycles. The van der Waals surface area contributed by atoms with Gasteiger partial charge in [0.25, 0.3) is 5.91 Å². The Kier molecular flexibility index (Phi) is 4.45. The fourth-order valence-electron chi connectivity index (χ4n) is 2.89. The lowest BCUT2D eigenvalue weighted by molar-refractivity contribution is 0.0959.